The number of phenolic OH excluding ortho intramolecular Hbond substituents is 1. The molecule has 0 aliphatic carbocycles. The van der Waals surface area contributed by atoms with Gasteiger partial charge < -0.3 is 19.7 Å². The molecule has 0 aliphatic heterocycles. The van der Waals surface area contributed by atoms with Crippen molar-refractivity contribution < 1.29 is 29.3 Å². The summed E-state index contributed by atoms with van der Waals surface area (Å²) in [6, 6.07) is 3.01. The van der Waals surface area contributed by atoms with Crippen LogP contribution in [0.25, 0.3) is 0 Å². The number of hydrogen-bond acceptors (Lipinski definition) is 5. The van der Waals surface area contributed by atoms with E-state index < -0.39 is 23.7 Å². The number of carbonyl (C=O) groups excluding carboxylic acids is 1. The third-order valence-corrected chi connectivity index (χ3v) is 3.24. The first-order chi connectivity index (χ1) is 11.6. The maximum Gasteiger partial charge on any atom is 0.411 e. The van der Waals surface area contributed by atoms with Crippen LogP contribution in [0.15, 0.2) is 18.2 Å². The van der Waals surface area contributed by atoms with E-state index in [0.29, 0.717) is 18.6 Å². The molecular formula is C18H27NO6. The third kappa shape index (κ3) is 5.85. The normalized spacial score (nSPS) is 12.4. The van der Waals surface area contributed by atoms with E-state index in [1.54, 1.807) is 27.7 Å². The molecule has 1 unspecified atom stereocenters. The minimum absolute atomic E-state index is 0.0888. The summed E-state index contributed by atoms with van der Waals surface area (Å²) in [7, 11) is 0. The summed E-state index contributed by atoms with van der Waals surface area (Å²) in [5.41, 5.74) is -0.412. The molecule has 1 aromatic rings. The van der Waals surface area contributed by atoms with Gasteiger partial charge in [0.15, 0.2) is 17.5 Å². The first-order valence-corrected chi connectivity index (χ1v) is 8.28. The molecule has 0 radical (unpaired) electrons. The average molecular weight is 353 g/mol. The first-order valence-electron chi connectivity index (χ1n) is 8.28. The van der Waals surface area contributed by atoms with Crippen LogP contribution in [0.1, 0.15) is 52.6 Å². The van der Waals surface area contributed by atoms with E-state index in [9.17, 15) is 19.8 Å². The van der Waals surface area contributed by atoms with Crippen LogP contribution in [0.3, 0.4) is 0 Å². The Morgan fingerprint density at radius 1 is 1.24 bits per heavy atom. The fourth-order valence-electron chi connectivity index (χ4n) is 2.32. The molecule has 7 nitrogen and oxygen atoms in total. The maximum absolute atomic E-state index is 12.5. The van der Waals surface area contributed by atoms with Gasteiger partial charge in [0.25, 0.3) is 0 Å². The highest BCUT2D eigenvalue weighted by Gasteiger charge is 2.34. The van der Waals surface area contributed by atoms with Gasteiger partial charge in [-0.25, -0.2) is 9.59 Å². The molecule has 1 amide bonds. The Labute approximate surface area is 148 Å². The van der Waals surface area contributed by atoms with Crippen LogP contribution < -0.4 is 4.74 Å². The van der Waals surface area contributed by atoms with Crippen molar-refractivity contribution in [2.75, 3.05) is 13.2 Å². The highest BCUT2D eigenvalue weighted by atomic mass is 16.6. The van der Waals surface area contributed by atoms with Crippen LogP contribution in [0.4, 0.5) is 4.79 Å². The number of carbonyl (C=O) groups is 2. The van der Waals surface area contributed by atoms with Crippen molar-refractivity contribution >= 4 is 12.1 Å². The lowest BCUT2D eigenvalue weighted by molar-refractivity contribution is -0.143. The Balaban J connectivity index is 3.28. The molecule has 0 heterocycles. The van der Waals surface area contributed by atoms with Crippen molar-refractivity contribution in [3.05, 3.63) is 23.8 Å². The van der Waals surface area contributed by atoms with E-state index >= 15 is 0 Å². The van der Waals surface area contributed by atoms with Crippen LogP contribution in [-0.4, -0.2) is 45.9 Å². The Hall–Kier alpha value is -2.44. The number of nitrogens with zero attached hydrogens (tertiary/aromatic N) is 1. The van der Waals surface area contributed by atoms with Gasteiger partial charge in [-0.1, -0.05) is 13.0 Å². The summed E-state index contributed by atoms with van der Waals surface area (Å²) in [5.74, 6) is -1.10. The van der Waals surface area contributed by atoms with E-state index in [0.717, 1.165) is 0 Å². The van der Waals surface area contributed by atoms with Crippen LogP contribution in [0.2, 0.25) is 0 Å². The highest BCUT2D eigenvalue weighted by Crippen LogP contribution is 2.32. The summed E-state index contributed by atoms with van der Waals surface area (Å²) >= 11 is 0. The Morgan fingerprint density at radius 2 is 1.88 bits per heavy atom. The summed E-state index contributed by atoms with van der Waals surface area (Å²) < 4.78 is 10.7. The number of ether oxygens (including phenoxy) is 2. The van der Waals surface area contributed by atoms with Gasteiger partial charge in [-0.05, 0) is 51.8 Å². The quantitative estimate of drug-likeness (QED) is 0.778. The van der Waals surface area contributed by atoms with Crippen LogP contribution in [0, 0.1) is 0 Å². The minimum atomic E-state index is -1.24. The van der Waals surface area contributed by atoms with E-state index in [4.69, 9.17) is 9.47 Å². The molecule has 0 aromatic heterocycles. The summed E-state index contributed by atoms with van der Waals surface area (Å²) in [5, 5.41) is 19.5. The second-order valence-corrected chi connectivity index (χ2v) is 6.57. The predicted octanol–water partition coefficient (Wildman–Crippen LogP) is 3.56. The van der Waals surface area contributed by atoms with E-state index in [-0.39, 0.29) is 18.0 Å². The fraction of sp³-hybridized carbons (Fsp3) is 0.556. The lowest BCUT2D eigenvalue weighted by atomic mass is 10.0. The molecule has 1 rings (SSSR count). The van der Waals surface area contributed by atoms with Gasteiger partial charge in [-0.15, -0.1) is 0 Å². The number of carboxylic acid groups (broad SMARTS) is 1. The van der Waals surface area contributed by atoms with E-state index in [1.165, 1.54) is 23.1 Å². The second-order valence-electron chi connectivity index (χ2n) is 6.57. The molecule has 7 heteroatoms. The summed E-state index contributed by atoms with van der Waals surface area (Å²) in [6.45, 7) is 9.30. The number of rotatable bonds is 7. The number of benzene rings is 1. The highest BCUT2D eigenvalue weighted by molar-refractivity contribution is 5.82. The SMILES string of the molecule is CCCN(C(=O)OC(C)(C)C)C(C(=O)O)c1ccc(O)c(OCC)c1. The molecule has 0 saturated heterocycles. The lowest BCUT2D eigenvalue weighted by Gasteiger charge is -2.31. The largest absolute Gasteiger partial charge is 0.504 e. The van der Waals surface area contributed by atoms with Crippen molar-refractivity contribution in [3.63, 3.8) is 0 Å². The molecule has 2 N–H and O–H groups in total. The molecule has 0 spiro atoms. The zero-order chi connectivity index (χ0) is 19.2. The van der Waals surface area contributed by atoms with Crippen LogP contribution in [-0.2, 0) is 9.53 Å². The standard InChI is InChI=1S/C18H27NO6/c1-6-10-19(17(23)25-18(3,4)5)15(16(21)22)12-8-9-13(20)14(11-12)24-7-2/h8-9,11,15,20H,6-7,10H2,1-5H3,(H,21,22). The first kappa shape index (κ1) is 20.6. The van der Waals surface area contributed by atoms with Gasteiger partial charge in [-0.3, -0.25) is 4.90 Å². The van der Waals surface area contributed by atoms with Crippen molar-refractivity contribution in [3.8, 4) is 11.5 Å². The van der Waals surface area contributed by atoms with Crippen molar-refractivity contribution in [2.24, 2.45) is 0 Å². The van der Waals surface area contributed by atoms with E-state index in [1.807, 2.05) is 6.92 Å². The Kier molecular flexibility index (Phi) is 7.09. The maximum atomic E-state index is 12.5. The van der Waals surface area contributed by atoms with Gasteiger partial charge in [0.1, 0.15) is 5.60 Å². The monoisotopic (exact) mass is 353 g/mol. The molecule has 0 fully saturated rings. The van der Waals surface area contributed by atoms with E-state index in [2.05, 4.69) is 0 Å². The number of carboxylic acids is 1. The number of aliphatic carboxylic acids is 1. The van der Waals surface area contributed by atoms with Crippen molar-refractivity contribution in [1.82, 2.24) is 4.90 Å². The fourth-order valence-corrected chi connectivity index (χ4v) is 2.32. The lowest BCUT2D eigenvalue weighted by Crippen LogP contribution is -2.42. The number of phenols is 1. The van der Waals surface area contributed by atoms with Gasteiger partial charge in [-0.2, -0.15) is 0 Å². The zero-order valence-electron chi connectivity index (χ0n) is 15.4. The van der Waals surface area contributed by atoms with Gasteiger partial charge in [0, 0.05) is 6.54 Å². The third-order valence-electron chi connectivity index (χ3n) is 3.24. The topological polar surface area (TPSA) is 96.3 Å². The molecule has 140 valence electrons. The number of aromatic hydroxyl groups is 1. The molecule has 1 aromatic carbocycles. The summed E-state index contributed by atoms with van der Waals surface area (Å²) in [4.78, 5) is 25.6. The molecule has 0 bridgehead atoms. The smallest absolute Gasteiger partial charge is 0.411 e. The second kappa shape index (κ2) is 8.60. The molecule has 0 aliphatic rings. The average Bonchev–Trinajstić information content (AvgIpc) is 2.48. The van der Waals surface area contributed by atoms with Crippen LogP contribution >= 0.6 is 0 Å². The number of amides is 1. The van der Waals surface area contributed by atoms with Crippen molar-refractivity contribution in [1.29, 1.82) is 0 Å². The molecule has 25 heavy (non-hydrogen) atoms. The Bertz CT molecular complexity index is 608. The Morgan fingerprint density at radius 3 is 2.36 bits per heavy atom. The van der Waals surface area contributed by atoms with Gasteiger partial charge in [0.2, 0.25) is 0 Å². The van der Waals surface area contributed by atoms with Crippen LogP contribution in [0.5, 0.6) is 11.5 Å². The minimum Gasteiger partial charge on any atom is -0.504 e. The predicted molar refractivity (Wildman–Crippen MR) is 92.9 cm³/mol. The summed E-state index contributed by atoms with van der Waals surface area (Å²) in [6.07, 6.45) is -0.132. The molecular weight excluding hydrogens is 326 g/mol. The van der Waals surface area contributed by atoms with Crippen molar-refractivity contribution in [2.45, 2.75) is 52.7 Å². The molecule has 0 saturated carbocycles. The molecule has 1 atom stereocenters. The van der Waals surface area contributed by atoms with Gasteiger partial charge >= 0.3 is 12.1 Å². The zero-order valence-corrected chi connectivity index (χ0v) is 15.4. The number of hydrogen-bond donors (Lipinski definition) is 2. The van der Waals surface area contributed by atoms with Gasteiger partial charge in [0.05, 0.1) is 6.61 Å².